The first-order valence-corrected chi connectivity index (χ1v) is 14.4. The van der Waals surface area contributed by atoms with Crippen LogP contribution >= 0.6 is 11.3 Å². The van der Waals surface area contributed by atoms with E-state index in [9.17, 15) is 0 Å². The molecule has 0 atom stereocenters. The summed E-state index contributed by atoms with van der Waals surface area (Å²) >= 11 is 1.87. The van der Waals surface area contributed by atoms with E-state index in [1.807, 2.05) is 11.3 Å². The molecule has 0 amide bonds. The molecule has 0 aliphatic rings. The molecule has 0 spiro atoms. The Morgan fingerprint density at radius 3 is 1.85 bits per heavy atom. The van der Waals surface area contributed by atoms with E-state index in [1.54, 1.807) is 0 Å². The molecule has 188 valence electrons. The van der Waals surface area contributed by atoms with E-state index in [0.29, 0.717) is 0 Å². The Morgan fingerprint density at radius 2 is 1.02 bits per heavy atom. The summed E-state index contributed by atoms with van der Waals surface area (Å²) in [7, 11) is 0. The molecule has 0 fully saturated rings. The highest BCUT2D eigenvalue weighted by molar-refractivity contribution is 7.26. The van der Waals surface area contributed by atoms with E-state index in [1.165, 1.54) is 58.5 Å². The van der Waals surface area contributed by atoms with E-state index in [4.69, 9.17) is 0 Å². The molecule has 2 heteroatoms. The van der Waals surface area contributed by atoms with Gasteiger partial charge in [-0.15, -0.1) is 11.3 Å². The van der Waals surface area contributed by atoms with Crippen LogP contribution in [0.25, 0.3) is 52.8 Å². The summed E-state index contributed by atoms with van der Waals surface area (Å²) in [6.07, 6.45) is 0. The van der Waals surface area contributed by atoms with Gasteiger partial charge in [-0.25, -0.2) is 0 Å². The molecular formula is C38H25NS. The highest BCUT2D eigenvalue weighted by Crippen LogP contribution is 2.46. The molecule has 40 heavy (non-hydrogen) atoms. The largest absolute Gasteiger partial charge is 0.310 e. The van der Waals surface area contributed by atoms with Crippen LogP contribution < -0.4 is 4.90 Å². The standard InChI is InChI=1S/C38H25NS/c1-2-12-30(13-3-1)39(31-22-20-27(21-23-31)29-19-18-26-10-4-5-11-28(26)24-29)35-25-37-38(33-15-7-6-14-32(33)35)34-16-8-9-17-36(34)40-37/h1-25H. The molecule has 0 aliphatic heterocycles. The first-order valence-electron chi connectivity index (χ1n) is 13.6. The smallest absolute Gasteiger partial charge is 0.0554 e. The lowest BCUT2D eigenvalue weighted by Gasteiger charge is -2.27. The van der Waals surface area contributed by atoms with Crippen LogP contribution in [0.3, 0.4) is 0 Å². The Balaban J connectivity index is 1.32. The van der Waals surface area contributed by atoms with Crippen LogP contribution in [0.4, 0.5) is 17.1 Å². The molecule has 7 aromatic carbocycles. The molecule has 0 unspecified atom stereocenters. The molecular weight excluding hydrogens is 502 g/mol. The predicted octanol–water partition coefficient (Wildman–Crippen LogP) is 11.5. The van der Waals surface area contributed by atoms with E-state index < -0.39 is 0 Å². The third kappa shape index (κ3) is 3.77. The summed E-state index contributed by atoms with van der Waals surface area (Å²) in [4.78, 5) is 2.40. The lowest BCUT2D eigenvalue weighted by atomic mass is 9.99. The number of benzene rings is 7. The molecule has 0 saturated heterocycles. The highest BCUT2D eigenvalue weighted by atomic mass is 32.1. The van der Waals surface area contributed by atoms with Crippen molar-refractivity contribution in [2.24, 2.45) is 0 Å². The van der Waals surface area contributed by atoms with Crippen molar-refractivity contribution in [1.82, 2.24) is 0 Å². The number of para-hydroxylation sites is 1. The third-order valence-corrected chi connectivity index (χ3v) is 8.94. The molecule has 8 aromatic rings. The van der Waals surface area contributed by atoms with Gasteiger partial charge >= 0.3 is 0 Å². The second-order valence-electron chi connectivity index (χ2n) is 10.2. The summed E-state index contributed by atoms with van der Waals surface area (Å²) in [5, 5.41) is 7.75. The monoisotopic (exact) mass is 527 g/mol. The van der Waals surface area contributed by atoms with Gasteiger partial charge in [0, 0.05) is 36.9 Å². The van der Waals surface area contributed by atoms with Gasteiger partial charge in [0.2, 0.25) is 0 Å². The van der Waals surface area contributed by atoms with E-state index in [-0.39, 0.29) is 0 Å². The van der Waals surface area contributed by atoms with Crippen molar-refractivity contribution in [3.8, 4) is 11.1 Å². The third-order valence-electron chi connectivity index (χ3n) is 7.83. The maximum Gasteiger partial charge on any atom is 0.0554 e. The number of rotatable bonds is 4. The highest BCUT2D eigenvalue weighted by Gasteiger charge is 2.19. The minimum atomic E-state index is 1.14. The molecule has 1 nitrogen and oxygen atoms in total. The normalized spacial score (nSPS) is 11.5. The zero-order chi connectivity index (χ0) is 26.5. The molecule has 0 saturated carbocycles. The summed E-state index contributed by atoms with van der Waals surface area (Å²) < 4.78 is 2.63. The lowest BCUT2D eigenvalue weighted by Crippen LogP contribution is -2.10. The minimum Gasteiger partial charge on any atom is -0.310 e. The number of thiophene rings is 1. The Kier molecular flexibility index (Phi) is 5.39. The maximum atomic E-state index is 2.40. The van der Waals surface area contributed by atoms with Crippen molar-refractivity contribution in [2.75, 3.05) is 4.90 Å². The van der Waals surface area contributed by atoms with Gasteiger partial charge in [0.05, 0.1) is 5.69 Å². The molecule has 0 aliphatic carbocycles. The fourth-order valence-electron chi connectivity index (χ4n) is 5.93. The topological polar surface area (TPSA) is 3.24 Å². The van der Waals surface area contributed by atoms with E-state index in [0.717, 1.165) is 11.4 Å². The lowest BCUT2D eigenvalue weighted by molar-refractivity contribution is 1.30. The van der Waals surface area contributed by atoms with Gasteiger partial charge in [0.15, 0.2) is 0 Å². The van der Waals surface area contributed by atoms with Crippen LogP contribution in [-0.2, 0) is 0 Å². The first-order chi connectivity index (χ1) is 19.8. The number of nitrogens with zero attached hydrogens (tertiary/aromatic N) is 1. The molecule has 0 N–H and O–H groups in total. The van der Waals surface area contributed by atoms with Gasteiger partial charge in [-0.1, -0.05) is 109 Å². The summed E-state index contributed by atoms with van der Waals surface area (Å²) in [6.45, 7) is 0. The Bertz CT molecular complexity index is 2160. The van der Waals surface area contributed by atoms with E-state index in [2.05, 4.69) is 157 Å². The fraction of sp³-hybridized carbons (Fsp3) is 0. The average molecular weight is 528 g/mol. The molecule has 1 aromatic heterocycles. The molecule has 8 rings (SSSR count). The van der Waals surface area contributed by atoms with Gasteiger partial charge in [-0.05, 0) is 69.8 Å². The van der Waals surface area contributed by atoms with Crippen molar-refractivity contribution in [2.45, 2.75) is 0 Å². The Morgan fingerprint density at radius 1 is 0.400 bits per heavy atom. The number of anilines is 3. The second-order valence-corrected chi connectivity index (χ2v) is 11.3. The second kappa shape index (κ2) is 9.37. The van der Waals surface area contributed by atoms with Crippen molar-refractivity contribution in [1.29, 1.82) is 0 Å². The van der Waals surface area contributed by atoms with Crippen LogP contribution in [0.5, 0.6) is 0 Å². The van der Waals surface area contributed by atoms with Gasteiger partial charge in [0.25, 0.3) is 0 Å². The van der Waals surface area contributed by atoms with Crippen molar-refractivity contribution in [3.63, 3.8) is 0 Å². The zero-order valence-corrected chi connectivity index (χ0v) is 22.6. The van der Waals surface area contributed by atoms with Crippen molar-refractivity contribution >= 4 is 70.1 Å². The zero-order valence-electron chi connectivity index (χ0n) is 21.8. The number of fused-ring (bicyclic) bond motifs is 6. The molecule has 1 heterocycles. The number of hydrogen-bond acceptors (Lipinski definition) is 2. The summed E-state index contributed by atoms with van der Waals surface area (Å²) in [5.41, 5.74) is 5.92. The quantitative estimate of drug-likeness (QED) is 0.220. The first kappa shape index (κ1) is 23.0. The van der Waals surface area contributed by atoms with Crippen LogP contribution in [0.15, 0.2) is 152 Å². The van der Waals surface area contributed by atoms with Gasteiger partial charge in [0.1, 0.15) is 0 Å². The fourth-order valence-corrected chi connectivity index (χ4v) is 7.09. The van der Waals surface area contributed by atoms with Gasteiger partial charge in [-0.2, -0.15) is 0 Å². The molecule has 0 radical (unpaired) electrons. The van der Waals surface area contributed by atoms with Crippen LogP contribution in [0.1, 0.15) is 0 Å². The maximum absolute atomic E-state index is 2.40. The van der Waals surface area contributed by atoms with Crippen molar-refractivity contribution < 1.29 is 0 Å². The molecule has 0 bridgehead atoms. The van der Waals surface area contributed by atoms with Crippen molar-refractivity contribution in [3.05, 3.63) is 152 Å². The SMILES string of the molecule is c1ccc(N(c2ccc(-c3ccc4ccccc4c3)cc2)c2cc3sc4ccccc4c3c3ccccc23)cc1. The van der Waals surface area contributed by atoms with Crippen LogP contribution in [0, 0.1) is 0 Å². The van der Waals surface area contributed by atoms with Gasteiger partial charge < -0.3 is 4.90 Å². The predicted molar refractivity (Wildman–Crippen MR) is 174 cm³/mol. The Labute approximate surface area is 237 Å². The van der Waals surface area contributed by atoms with E-state index >= 15 is 0 Å². The number of hydrogen-bond donors (Lipinski definition) is 0. The minimum absolute atomic E-state index is 1.14. The van der Waals surface area contributed by atoms with Gasteiger partial charge in [-0.3, -0.25) is 0 Å². The Hall–Kier alpha value is -4.92. The summed E-state index contributed by atoms with van der Waals surface area (Å²) in [5.74, 6) is 0. The van der Waals surface area contributed by atoms with Crippen LogP contribution in [-0.4, -0.2) is 0 Å². The average Bonchev–Trinajstić information content (AvgIpc) is 3.41. The van der Waals surface area contributed by atoms with Crippen LogP contribution in [0.2, 0.25) is 0 Å². The summed E-state index contributed by atoms with van der Waals surface area (Å²) in [6, 6.07) is 54.9.